The van der Waals surface area contributed by atoms with Crippen LogP contribution in [0.15, 0.2) is 0 Å². The first-order chi connectivity index (χ1) is 7.70. The standard InChI is InChI=1S/C10H22NO4P/c1-3-10(15-16)8-14-7-6-13-5-4-11-9(2)12/h10H,3-8,16H2,1-2H3,(H,11,12). The summed E-state index contributed by atoms with van der Waals surface area (Å²) in [4.78, 5) is 10.5. The Morgan fingerprint density at radius 3 is 2.56 bits per heavy atom. The average molecular weight is 251 g/mol. The maximum absolute atomic E-state index is 10.5. The zero-order chi connectivity index (χ0) is 12.2. The fourth-order valence-electron chi connectivity index (χ4n) is 0.987. The lowest BCUT2D eigenvalue weighted by Gasteiger charge is -2.12. The van der Waals surface area contributed by atoms with E-state index in [1.165, 1.54) is 6.92 Å². The predicted octanol–water partition coefficient (Wildman–Crippen LogP) is 0.741. The van der Waals surface area contributed by atoms with E-state index in [1.807, 2.05) is 6.92 Å². The van der Waals surface area contributed by atoms with Gasteiger partial charge in [-0.1, -0.05) is 6.92 Å². The monoisotopic (exact) mass is 251 g/mol. The van der Waals surface area contributed by atoms with Crippen molar-refractivity contribution < 1.29 is 18.8 Å². The van der Waals surface area contributed by atoms with E-state index >= 15 is 0 Å². The molecule has 0 saturated carbocycles. The van der Waals surface area contributed by atoms with Crippen molar-refractivity contribution >= 4 is 15.4 Å². The summed E-state index contributed by atoms with van der Waals surface area (Å²) in [5, 5.41) is 2.65. The zero-order valence-corrected chi connectivity index (χ0v) is 11.2. The van der Waals surface area contributed by atoms with Gasteiger partial charge in [-0.15, -0.1) is 0 Å². The quantitative estimate of drug-likeness (QED) is 0.459. The molecule has 0 aromatic rings. The number of ether oxygens (including phenoxy) is 2. The second kappa shape index (κ2) is 11.3. The van der Waals surface area contributed by atoms with Crippen molar-refractivity contribution in [3.05, 3.63) is 0 Å². The van der Waals surface area contributed by atoms with Crippen LogP contribution in [0.5, 0.6) is 0 Å². The van der Waals surface area contributed by atoms with Crippen LogP contribution >= 0.6 is 9.47 Å². The van der Waals surface area contributed by atoms with E-state index in [9.17, 15) is 4.79 Å². The van der Waals surface area contributed by atoms with E-state index in [-0.39, 0.29) is 12.0 Å². The number of carbonyl (C=O) groups is 1. The van der Waals surface area contributed by atoms with Crippen LogP contribution in [-0.4, -0.2) is 45.0 Å². The van der Waals surface area contributed by atoms with E-state index in [0.29, 0.717) is 33.0 Å². The topological polar surface area (TPSA) is 56.8 Å². The fourth-order valence-corrected chi connectivity index (χ4v) is 1.26. The van der Waals surface area contributed by atoms with Crippen LogP contribution in [0.3, 0.4) is 0 Å². The molecule has 2 atom stereocenters. The molecule has 16 heavy (non-hydrogen) atoms. The van der Waals surface area contributed by atoms with Gasteiger partial charge in [0, 0.05) is 22.9 Å². The van der Waals surface area contributed by atoms with E-state index in [1.54, 1.807) is 0 Å². The van der Waals surface area contributed by atoms with Crippen molar-refractivity contribution in [2.24, 2.45) is 0 Å². The Hall–Kier alpha value is -0.220. The molecule has 0 saturated heterocycles. The number of amides is 1. The lowest BCUT2D eigenvalue weighted by atomic mass is 10.3. The van der Waals surface area contributed by atoms with Gasteiger partial charge >= 0.3 is 0 Å². The first-order valence-electron chi connectivity index (χ1n) is 5.46. The molecule has 5 nitrogen and oxygen atoms in total. The van der Waals surface area contributed by atoms with Crippen molar-refractivity contribution in [1.29, 1.82) is 0 Å². The first-order valence-corrected chi connectivity index (χ1v) is 5.93. The molecule has 0 aliphatic carbocycles. The third kappa shape index (κ3) is 10.3. The molecule has 6 heteroatoms. The van der Waals surface area contributed by atoms with Crippen LogP contribution in [-0.2, 0) is 18.8 Å². The average Bonchev–Trinajstić information content (AvgIpc) is 2.27. The van der Waals surface area contributed by atoms with Gasteiger partial charge in [0.2, 0.25) is 5.91 Å². The molecule has 0 spiro atoms. The van der Waals surface area contributed by atoms with Gasteiger partial charge < -0.3 is 19.3 Å². The molecule has 0 aliphatic rings. The van der Waals surface area contributed by atoms with Crippen molar-refractivity contribution in [2.45, 2.75) is 26.4 Å². The number of hydrogen-bond acceptors (Lipinski definition) is 4. The zero-order valence-electron chi connectivity index (χ0n) is 10.0. The number of rotatable bonds is 10. The largest absolute Gasteiger partial charge is 0.377 e. The lowest BCUT2D eigenvalue weighted by Crippen LogP contribution is -2.25. The Kier molecular flexibility index (Phi) is 11.1. The Bertz CT molecular complexity index is 176. The van der Waals surface area contributed by atoms with E-state index in [4.69, 9.17) is 14.0 Å². The normalized spacial score (nSPS) is 12.4. The van der Waals surface area contributed by atoms with Crippen LogP contribution in [0.4, 0.5) is 0 Å². The highest BCUT2D eigenvalue weighted by Gasteiger charge is 2.03. The van der Waals surface area contributed by atoms with Crippen molar-refractivity contribution in [2.75, 3.05) is 33.0 Å². The Morgan fingerprint density at radius 1 is 1.31 bits per heavy atom. The highest BCUT2D eigenvalue weighted by atomic mass is 31.0. The van der Waals surface area contributed by atoms with Crippen molar-refractivity contribution in [3.8, 4) is 0 Å². The summed E-state index contributed by atoms with van der Waals surface area (Å²) in [6.45, 7) is 6.24. The van der Waals surface area contributed by atoms with E-state index in [2.05, 4.69) is 14.8 Å². The maximum atomic E-state index is 10.5. The SMILES string of the molecule is CCC(COCCOCCNC(C)=O)OP. The molecule has 1 N–H and O–H groups in total. The summed E-state index contributed by atoms with van der Waals surface area (Å²) in [7, 11) is 2.24. The molecule has 0 heterocycles. The first kappa shape index (κ1) is 15.8. The molecule has 0 radical (unpaired) electrons. The second-order valence-corrected chi connectivity index (χ2v) is 3.61. The summed E-state index contributed by atoms with van der Waals surface area (Å²) >= 11 is 0. The van der Waals surface area contributed by atoms with Crippen LogP contribution in [0.1, 0.15) is 20.3 Å². The van der Waals surface area contributed by atoms with Crippen LogP contribution in [0, 0.1) is 0 Å². The molecule has 0 fully saturated rings. The van der Waals surface area contributed by atoms with Gasteiger partial charge in [-0.2, -0.15) is 0 Å². The maximum Gasteiger partial charge on any atom is 0.216 e. The van der Waals surface area contributed by atoms with Gasteiger partial charge in [0.15, 0.2) is 0 Å². The summed E-state index contributed by atoms with van der Waals surface area (Å²) in [5.41, 5.74) is 0. The van der Waals surface area contributed by atoms with Crippen LogP contribution < -0.4 is 5.32 Å². The van der Waals surface area contributed by atoms with Gasteiger partial charge in [0.05, 0.1) is 32.5 Å². The molecule has 0 aliphatic heterocycles. The van der Waals surface area contributed by atoms with Crippen LogP contribution in [0.25, 0.3) is 0 Å². The highest BCUT2D eigenvalue weighted by molar-refractivity contribution is 7.09. The Labute approximate surface area is 99.5 Å². The molecule has 0 rings (SSSR count). The van der Waals surface area contributed by atoms with Gasteiger partial charge in [0.25, 0.3) is 0 Å². The Morgan fingerprint density at radius 2 is 2.00 bits per heavy atom. The fraction of sp³-hybridized carbons (Fsp3) is 0.900. The van der Waals surface area contributed by atoms with Gasteiger partial charge in [-0.3, -0.25) is 4.79 Å². The van der Waals surface area contributed by atoms with Gasteiger partial charge in [-0.05, 0) is 6.42 Å². The summed E-state index contributed by atoms with van der Waals surface area (Å²) in [6.07, 6.45) is 1.05. The lowest BCUT2D eigenvalue weighted by molar-refractivity contribution is -0.119. The summed E-state index contributed by atoms with van der Waals surface area (Å²) in [6, 6.07) is 0. The van der Waals surface area contributed by atoms with Crippen LogP contribution in [0.2, 0.25) is 0 Å². The molecule has 96 valence electrons. The molecule has 0 aromatic carbocycles. The van der Waals surface area contributed by atoms with Crippen molar-refractivity contribution in [3.63, 3.8) is 0 Å². The smallest absolute Gasteiger partial charge is 0.216 e. The third-order valence-corrected chi connectivity index (χ3v) is 2.33. The highest BCUT2D eigenvalue weighted by Crippen LogP contribution is 2.02. The molecule has 0 bridgehead atoms. The molecular weight excluding hydrogens is 229 g/mol. The number of carbonyl (C=O) groups excluding carboxylic acids is 1. The van der Waals surface area contributed by atoms with Gasteiger partial charge in [-0.25, -0.2) is 0 Å². The third-order valence-electron chi connectivity index (χ3n) is 1.94. The predicted molar refractivity (Wildman–Crippen MR) is 65.2 cm³/mol. The van der Waals surface area contributed by atoms with E-state index < -0.39 is 0 Å². The number of hydrogen-bond donors (Lipinski definition) is 1. The van der Waals surface area contributed by atoms with Gasteiger partial charge in [0.1, 0.15) is 0 Å². The minimum absolute atomic E-state index is 0.0387. The molecular formula is C10H22NO4P. The minimum Gasteiger partial charge on any atom is -0.377 e. The second-order valence-electron chi connectivity index (χ2n) is 3.34. The van der Waals surface area contributed by atoms with Crippen molar-refractivity contribution in [1.82, 2.24) is 5.32 Å². The minimum atomic E-state index is -0.0387. The van der Waals surface area contributed by atoms with E-state index in [0.717, 1.165) is 6.42 Å². The summed E-state index contributed by atoms with van der Waals surface area (Å²) < 4.78 is 15.7. The molecule has 0 aromatic heterocycles. The molecule has 2 unspecified atom stereocenters. The molecule has 1 amide bonds. The number of nitrogens with one attached hydrogen (secondary N) is 1. The Balaban J connectivity index is 3.12. The summed E-state index contributed by atoms with van der Waals surface area (Å²) in [5.74, 6) is -0.0387.